The average molecular weight is 318 g/mol. The van der Waals surface area contributed by atoms with Crippen molar-refractivity contribution in [2.75, 3.05) is 39.3 Å². The van der Waals surface area contributed by atoms with Crippen molar-refractivity contribution < 1.29 is 9.53 Å². The first-order valence-corrected chi connectivity index (χ1v) is 8.68. The predicted molar refractivity (Wildman–Crippen MR) is 94.5 cm³/mol. The van der Waals surface area contributed by atoms with Crippen molar-refractivity contribution in [2.45, 2.75) is 34.1 Å². The van der Waals surface area contributed by atoms with E-state index < -0.39 is 0 Å². The van der Waals surface area contributed by atoms with E-state index in [1.165, 1.54) is 0 Å². The van der Waals surface area contributed by atoms with Crippen LogP contribution < -0.4 is 10.1 Å². The van der Waals surface area contributed by atoms with Gasteiger partial charge in [0.1, 0.15) is 5.75 Å². The maximum Gasteiger partial charge on any atom is 0.164 e. The molecular weight excluding hydrogens is 288 g/mol. The van der Waals surface area contributed by atoms with Crippen molar-refractivity contribution in [2.24, 2.45) is 5.92 Å². The first-order valence-electron chi connectivity index (χ1n) is 8.68. The summed E-state index contributed by atoms with van der Waals surface area (Å²) in [4.78, 5) is 14.9. The van der Waals surface area contributed by atoms with Crippen LogP contribution in [0, 0.1) is 19.8 Å². The summed E-state index contributed by atoms with van der Waals surface area (Å²) >= 11 is 0. The molecule has 1 aromatic rings. The topological polar surface area (TPSA) is 41.6 Å². The standard InChI is InChI=1S/C19H30N2O2/c1-14(2)13-23-19-6-5-17(15(3)16(19)4)18(22)7-10-21-11-8-20-9-12-21/h5-6,14,20H,7-13H2,1-4H3. The van der Waals surface area contributed by atoms with Gasteiger partial charge in [-0.3, -0.25) is 4.79 Å². The number of ether oxygens (including phenoxy) is 1. The lowest BCUT2D eigenvalue weighted by atomic mass is 9.97. The number of ketones is 1. The molecule has 0 spiro atoms. The van der Waals surface area contributed by atoms with Crippen molar-refractivity contribution >= 4 is 5.78 Å². The van der Waals surface area contributed by atoms with E-state index in [9.17, 15) is 4.79 Å². The number of carbonyl (C=O) groups is 1. The van der Waals surface area contributed by atoms with Crippen molar-refractivity contribution in [1.82, 2.24) is 10.2 Å². The number of nitrogens with zero attached hydrogens (tertiary/aromatic N) is 1. The quantitative estimate of drug-likeness (QED) is 0.785. The Morgan fingerprint density at radius 3 is 2.57 bits per heavy atom. The number of rotatable bonds is 7. The molecule has 4 nitrogen and oxygen atoms in total. The zero-order chi connectivity index (χ0) is 16.8. The van der Waals surface area contributed by atoms with Crippen LogP contribution in [-0.2, 0) is 0 Å². The Bertz CT molecular complexity index is 534. The minimum Gasteiger partial charge on any atom is -0.493 e. The van der Waals surface area contributed by atoms with Gasteiger partial charge in [-0.25, -0.2) is 0 Å². The fraction of sp³-hybridized carbons (Fsp3) is 0.632. The van der Waals surface area contributed by atoms with Crippen LogP contribution in [0.2, 0.25) is 0 Å². The summed E-state index contributed by atoms with van der Waals surface area (Å²) in [5.41, 5.74) is 2.98. The molecule has 1 saturated heterocycles. The van der Waals surface area contributed by atoms with Crippen molar-refractivity contribution in [3.05, 3.63) is 28.8 Å². The van der Waals surface area contributed by atoms with E-state index in [2.05, 4.69) is 24.1 Å². The predicted octanol–water partition coefficient (Wildman–Crippen LogP) is 2.82. The summed E-state index contributed by atoms with van der Waals surface area (Å²) in [6.07, 6.45) is 0.590. The van der Waals surface area contributed by atoms with Crippen molar-refractivity contribution in [3.63, 3.8) is 0 Å². The smallest absolute Gasteiger partial charge is 0.164 e. The zero-order valence-electron chi connectivity index (χ0n) is 14.9. The highest BCUT2D eigenvalue weighted by atomic mass is 16.5. The Labute approximate surface area is 140 Å². The molecule has 1 aromatic carbocycles. The van der Waals surface area contributed by atoms with Crippen LogP contribution in [0.3, 0.4) is 0 Å². The molecule has 0 atom stereocenters. The van der Waals surface area contributed by atoms with E-state index in [4.69, 9.17) is 4.74 Å². The molecule has 1 aliphatic heterocycles. The molecule has 1 fully saturated rings. The van der Waals surface area contributed by atoms with E-state index in [-0.39, 0.29) is 5.78 Å². The summed E-state index contributed by atoms with van der Waals surface area (Å²) < 4.78 is 5.84. The van der Waals surface area contributed by atoms with Gasteiger partial charge in [-0.05, 0) is 43.0 Å². The number of hydrogen-bond acceptors (Lipinski definition) is 4. The summed E-state index contributed by atoms with van der Waals surface area (Å²) in [5.74, 6) is 1.63. The molecule has 0 bridgehead atoms. The molecule has 1 aliphatic rings. The van der Waals surface area contributed by atoms with Crippen LogP contribution >= 0.6 is 0 Å². The van der Waals surface area contributed by atoms with Crippen LogP contribution in [0.25, 0.3) is 0 Å². The van der Waals surface area contributed by atoms with Gasteiger partial charge < -0.3 is 15.0 Å². The number of piperazine rings is 1. The fourth-order valence-electron chi connectivity index (χ4n) is 2.84. The first kappa shape index (κ1) is 18.0. The molecule has 0 aromatic heterocycles. The third-order valence-electron chi connectivity index (χ3n) is 4.47. The lowest BCUT2D eigenvalue weighted by Crippen LogP contribution is -2.44. The van der Waals surface area contributed by atoms with E-state index in [1.807, 2.05) is 26.0 Å². The largest absolute Gasteiger partial charge is 0.493 e. The van der Waals surface area contributed by atoms with Gasteiger partial charge in [-0.2, -0.15) is 0 Å². The highest BCUT2D eigenvalue weighted by Gasteiger charge is 2.16. The van der Waals surface area contributed by atoms with E-state index in [1.54, 1.807) is 0 Å². The summed E-state index contributed by atoms with van der Waals surface area (Å²) in [6.45, 7) is 14.0. The minimum absolute atomic E-state index is 0.236. The maximum atomic E-state index is 12.6. The SMILES string of the molecule is Cc1c(OCC(C)C)ccc(C(=O)CCN2CCNCC2)c1C. The fourth-order valence-corrected chi connectivity index (χ4v) is 2.84. The number of carbonyl (C=O) groups excluding carboxylic acids is 1. The molecule has 4 heteroatoms. The van der Waals surface area contributed by atoms with Gasteiger partial charge in [0, 0.05) is 44.7 Å². The van der Waals surface area contributed by atoms with E-state index >= 15 is 0 Å². The van der Waals surface area contributed by atoms with Crippen molar-refractivity contribution in [1.29, 1.82) is 0 Å². The number of Topliss-reactive ketones (excluding diaryl/α,β-unsaturated/α-hetero) is 1. The Hall–Kier alpha value is -1.39. The molecule has 0 saturated carbocycles. The van der Waals surface area contributed by atoms with Crippen molar-refractivity contribution in [3.8, 4) is 5.75 Å². The second-order valence-electron chi connectivity index (χ2n) is 6.83. The van der Waals surface area contributed by atoms with Crippen LogP contribution in [0.5, 0.6) is 5.75 Å². The molecule has 0 amide bonds. The third-order valence-corrected chi connectivity index (χ3v) is 4.47. The minimum atomic E-state index is 0.236. The first-order chi connectivity index (χ1) is 11.0. The second-order valence-corrected chi connectivity index (χ2v) is 6.83. The van der Waals surface area contributed by atoms with Crippen LogP contribution in [0.15, 0.2) is 12.1 Å². The second kappa shape index (κ2) is 8.46. The lowest BCUT2D eigenvalue weighted by Gasteiger charge is -2.26. The van der Waals surface area contributed by atoms with Gasteiger partial charge in [0.05, 0.1) is 6.61 Å². The number of hydrogen-bond donors (Lipinski definition) is 1. The average Bonchev–Trinajstić information content (AvgIpc) is 2.55. The Morgan fingerprint density at radius 2 is 1.91 bits per heavy atom. The lowest BCUT2D eigenvalue weighted by molar-refractivity contribution is 0.0960. The summed E-state index contributed by atoms with van der Waals surface area (Å²) in [5, 5.41) is 3.34. The third kappa shape index (κ3) is 5.05. The van der Waals surface area contributed by atoms with Crippen LogP contribution in [-0.4, -0.2) is 50.0 Å². The molecular formula is C19H30N2O2. The Morgan fingerprint density at radius 1 is 1.22 bits per heavy atom. The molecule has 0 unspecified atom stereocenters. The highest BCUT2D eigenvalue weighted by molar-refractivity contribution is 5.98. The monoisotopic (exact) mass is 318 g/mol. The normalized spacial score (nSPS) is 15.9. The van der Waals surface area contributed by atoms with Crippen LogP contribution in [0.4, 0.5) is 0 Å². The van der Waals surface area contributed by atoms with E-state index in [0.29, 0.717) is 18.9 Å². The molecule has 23 heavy (non-hydrogen) atoms. The van der Waals surface area contributed by atoms with Gasteiger partial charge >= 0.3 is 0 Å². The van der Waals surface area contributed by atoms with Gasteiger partial charge in [-0.15, -0.1) is 0 Å². The van der Waals surface area contributed by atoms with E-state index in [0.717, 1.165) is 55.2 Å². The van der Waals surface area contributed by atoms with Gasteiger partial charge in [0.15, 0.2) is 5.78 Å². The Kier molecular flexibility index (Phi) is 6.60. The summed E-state index contributed by atoms with van der Waals surface area (Å²) in [7, 11) is 0. The van der Waals surface area contributed by atoms with Gasteiger partial charge in [0.2, 0.25) is 0 Å². The molecule has 2 rings (SSSR count). The summed E-state index contributed by atoms with van der Waals surface area (Å²) in [6, 6.07) is 3.88. The maximum absolute atomic E-state index is 12.6. The molecule has 128 valence electrons. The Balaban J connectivity index is 1.98. The van der Waals surface area contributed by atoms with Gasteiger partial charge in [-0.1, -0.05) is 13.8 Å². The molecule has 1 heterocycles. The molecule has 1 N–H and O–H groups in total. The van der Waals surface area contributed by atoms with Gasteiger partial charge in [0.25, 0.3) is 0 Å². The highest BCUT2D eigenvalue weighted by Crippen LogP contribution is 2.25. The number of nitrogens with one attached hydrogen (secondary N) is 1. The molecule has 0 aliphatic carbocycles. The number of benzene rings is 1. The zero-order valence-corrected chi connectivity index (χ0v) is 14.9. The van der Waals surface area contributed by atoms with Crippen LogP contribution in [0.1, 0.15) is 41.8 Å². The molecule has 0 radical (unpaired) electrons.